The second-order valence-electron chi connectivity index (χ2n) is 6.41. The van der Waals surface area contributed by atoms with Crippen molar-refractivity contribution in [1.29, 1.82) is 0 Å². The second kappa shape index (κ2) is 8.51. The highest BCUT2D eigenvalue weighted by molar-refractivity contribution is 7.99. The zero-order chi connectivity index (χ0) is 18.5. The van der Waals surface area contributed by atoms with E-state index >= 15 is 0 Å². The van der Waals surface area contributed by atoms with Crippen molar-refractivity contribution >= 4 is 17.7 Å². The van der Waals surface area contributed by atoms with Crippen LogP contribution in [0.25, 0.3) is 0 Å². The van der Waals surface area contributed by atoms with Crippen LogP contribution in [-0.2, 0) is 29.6 Å². The lowest BCUT2D eigenvalue weighted by molar-refractivity contribution is -0.118. The van der Waals surface area contributed by atoms with E-state index in [2.05, 4.69) is 10.3 Å². The molecule has 1 fully saturated rings. The molecule has 6 nitrogen and oxygen atoms in total. The number of methoxy groups -OCH3 is 1. The van der Waals surface area contributed by atoms with E-state index in [1.807, 2.05) is 30.3 Å². The first kappa shape index (κ1) is 18.7. The first-order valence-electron chi connectivity index (χ1n) is 8.62. The number of nitrogens with zero attached hydrogens (tertiary/aromatic N) is 2. The largest absolute Gasteiger partial charge is 0.378 e. The second-order valence-corrected chi connectivity index (χ2v) is 7.35. The average Bonchev–Trinajstić information content (AvgIpc) is 3.45. The predicted molar refractivity (Wildman–Crippen MR) is 101 cm³/mol. The number of ether oxygens (including phenoxy) is 1. The maximum absolute atomic E-state index is 12.9. The lowest BCUT2D eigenvalue weighted by Gasteiger charge is -2.14. The topological polar surface area (TPSA) is 73.2 Å². The predicted octanol–water partition coefficient (Wildman–Crippen LogP) is 1.89. The molecule has 138 valence electrons. The van der Waals surface area contributed by atoms with E-state index < -0.39 is 0 Å². The number of carbonyl (C=O) groups is 1. The van der Waals surface area contributed by atoms with Gasteiger partial charge in [-0.2, -0.15) is 0 Å². The molecule has 0 bridgehead atoms. The molecule has 1 aromatic heterocycles. The van der Waals surface area contributed by atoms with Crippen molar-refractivity contribution in [2.24, 2.45) is 7.05 Å². The number of carbonyl (C=O) groups excluding carboxylic acids is 1. The third-order valence-electron chi connectivity index (χ3n) is 4.21. The molecular weight excluding hydrogens is 350 g/mol. The number of hydrogen-bond donors (Lipinski definition) is 1. The molecule has 0 saturated heterocycles. The van der Waals surface area contributed by atoms with Gasteiger partial charge in [0.1, 0.15) is 0 Å². The standard InChI is InChI=1S/C19H23N3O3S/c1-22-18(24)15(10-13-6-4-3-5-7-13)16(11-25-2)21-19(22)26-12-17(23)20-14-8-9-14/h3-7,14H,8-12H2,1-2H3,(H,20,23). The maximum atomic E-state index is 12.9. The molecule has 1 aromatic carbocycles. The molecule has 0 aliphatic heterocycles. The molecule has 0 unspecified atom stereocenters. The van der Waals surface area contributed by atoms with Crippen molar-refractivity contribution in [1.82, 2.24) is 14.9 Å². The van der Waals surface area contributed by atoms with Crippen molar-refractivity contribution < 1.29 is 9.53 Å². The Hall–Kier alpha value is -2.12. The third-order valence-corrected chi connectivity index (χ3v) is 5.24. The summed E-state index contributed by atoms with van der Waals surface area (Å²) in [7, 11) is 3.28. The fourth-order valence-corrected chi connectivity index (χ4v) is 3.46. The number of rotatable bonds is 8. The third kappa shape index (κ3) is 4.74. The Bertz CT molecular complexity index is 832. The van der Waals surface area contributed by atoms with Crippen LogP contribution in [0.2, 0.25) is 0 Å². The van der Waals surface area contributed by atoms with Crippen LogP contribution in [0.3, 0.4) is 0 Å². The summed E-state index contributed by atoms with van der Waals surface area (Å²) in [5.74, 6) is 0.231. The monoisotopic (exact) mass is 373 g/mol. The fourth-order valence-electron chi connectivity index (χ4n) is 2.66. The molecule has 0 radical (unpaired) electrons. The van der Waals surface area contributed by atoms with Crippen LogP contribution in [0.1, 0.15) is 29.7 Å². The van der Waals surface area contributed by atoms with E-state index in [4.69, 9.17) is 4.74 Å². The molecule has 1 N–H and O–H groups in total. The quantitative estimate of drug-likeness (QED) is 0.565. The van der Waals surface area contributed by atoms with Gasteiger partial charge in [0.15, 0.2) is 5.16 Å². The smallest absolute Gasteiger partial charge is 0.257 e. The normalized spacial score (nSPS) is 13.6. The number of amides is 1. The van der Waals surface area contributed by atoms with Crippen molar-refractivity contribution in [3.8, 4) is 0 Å². The number of hydrogen-bond acceptors (Lipinski definition) is 5. The van der Waals surface area contributed by atoms with Crippen molar-refractivity contribution in [2.75, 3.05) is 12.9 Å². The van der Waals surface area contributed by atoms with E-state index in [0.29, 0.717) is 28.9 Å². The number of aromatic nitrogens is 2. The molecule has 0 atom stereocenters. The van der Waals surface area contributed by atoms with Crippen LogP contribution in [-0.4, -0.2) is 34.4 Å². The van der Waals surface area contributed by atoms with Crippen molar-refractivity contribution in [2.45, 2.75) is 37.1 Å². The van der Waals surface area contributed by atoms with Gasteiger partial charge in [-0.15, -0.1) is 0 Å². The number of nitrogens with one attached hydrogen (secondary N) is 1. The SMILES string of the molecule is COCc1nc(SCC(=O)NC2CC2)n(C)c(=O)c1Cc1ccccc1. The van der Waals surface area contributed by atoms with Gasteiger partial charge in [0.25, 0.3) is 5.56 Å². The van der Waals surface area contributed by atoms with Gasteiger partial charge in [-0.1, -0.05) is 42.1 Å². The van der Waals surface area contributed by atoms with Gasteiger partial charge in [-0.3, -0.25) is 14.2 Å². The Labute approximate surface area is 157 Å². The minimum absolute atomic E-state index is 0.0200. The molecule has 26 heavy (non-hydrogen) atoms. The lowest BCUT2D eigenvalue weighted by atomic mass is 10.0. The summed E-state index contributed by atoms with van der Waals surface area (Å²) < 4.78 is 6.76. The van der Waals surface area contributed by atoms with Crippen LogP contribution in [0.15, 0.2) is 40.3 Å². The van der Waals surface area contributed by atoms with Gasteiger partial charge >= 0.3 is 0 Å². The molecule has 1 heterocycles. The van der Waals surface area contributed by atoms with Gasteiger partial charge in [0, 0.05) is 32.2 Å². The molecule has 1 amide bonds. The molecule has 1 aliphatic rings. The highest BCUT2D eigenvalue weighted by Crippen LogP contribution is 2.20. The van der Waals surface area contributed by atoms with E-state index in [1.54, 1.807) is 14.2 Å². The van der Waals surface area contributed by atoms with Gasteiger partial charge in [-0.05, 0) is 18.4 Å². The molecule has 3 rings (SSSR count). The Kier molecular flexibility index (Phi) is 6.11. The summed E-state index contributed by atoms with van der Waals surface area (Å²) in [6.07, 6.45) is 2.62. The van der Waals surface area contributed by atoms with Crippen LogP contribution < -0.4 is 10.9 Å². The Morgan fingerprint density at radius 2 is 2.08 bits per heavy atom. The first-order chi connectivity index (χ1) is 12.6. The maximum Gasteiger partial charge on any atom is 0.257 e. The Morgan fingerprint density at radius 1 is 1.35 bits per heavy atom. The minimum Gasteiger partial charge on any atom is -0.378 e. The highest BCUT2D eigenvalue weighted by Gasteiger charge is 2.23. The van der Waals surface area contributed by atoms with E-state index in [9.17, 15) is 9.59 Å². The molecule has 1 saturated carbocycles. The number of benzene rings is 1. The molecular formula is C19H23N3O3S. The Balaban J connectivity index is 1.82. The number of thioether (sulfide) groups is 1. The zero-order valence-corrected chi connectivity index (χ0v) is 15.8. The van der Waals surface area contributed by atoms with Gasteiger partial charge < -0.3 is 10.1 Å². The Morgan fingerprint density at radius 3 is 2.73 bits per heavy atom. The molecule has 1 aliphatic carbocycles. The molecule has 2 aromatic rings. The summed E-state index contributed by atoms with van der Waals surface area (Å²) in [5, 5.41) is 3.47. The summed E-state index contributed by atoms with van der Waals surface area (Å²) in [6, 6.07) is 10.2. The van der Waals surface area contributed by atoms with E-state index in [0.717, 1.165) is 18.4 Å². The highest BCUT2D eigenvalue weighted by atomic mass is 32.2. The fraction of sp³-hybridized carbons (Fsp3) is 0.421. The van der Waals surface area contributed by atoms with Crippen LogP contribution in [0, 0.1) is 0 Å². The summed E-state index contributed by atoms with van der Waals surface area (Å²) in [6.45, 7) is 0.264. The van der Waals surface area contributed by atoms with Gasteiger partial charge in [0.05, 0.1) is 18.1 Å². The zero-order valence-electron chi connectivity index (χ0n) is 15.0. The molecule has 0 spiro atoms. The first-order valence-corrected chi connectivity index (χ1v) is 9.61. The van der Waals surface area contributed by atoms with Crippen molar-refractivity contribution in [3.63, 3.8) is 0 Å². The summed E-state index contributed by atoms with van der Waals surface area (Å²) >= 11 is 1.28. The van der Waals surface area contributed by atoms with E-state index in [-0.39, 0.29) is 23.8 Å². The molecule has 7 heteroatoms. The van der Waals surface area contributed by atoms with Crippen LogP contribution in [0.4, 0.5) is 0 Å². The lowest BCUT2D eigenvalue weighted by Crippen LogP contribution is -2.29. The van der Waals surface area contributed by atoms with E-state index in [1.165, 1.54) is 16.3 Å². The van der Waals surface area contributed by atoms with Crippen molar-refractivity contribution in [3.05, 3.63) is 57.5 Å². The average molecular weight is 373 g/mol. The summed E-state index contributed by atoms with van der Waals surface area (Å²) in [5.41, 5.74) is 2.21. The van der Waals surface area contributed by atoms with Gasteiger partial charge in [-0.25, -0.2) is 4.98 Å². The van der Waals surface area contributed by atoms with Gasteiger partial charge in [0.2, 0.25) is 5.91 Å². The van der Waals surface area contributed by atoms with Crippen LogP contribution >= 0.6 is 11.8 Å². The van der Waals surface area contributed by atoms with Crippen LogP contribution in [0.5, 0.6) is 0 Å². The summed E-state index contributed by atoms with van der Waals surface area (Å²) in [4.78, 5) is 29.4. The minimum atomic E-state index is -0.0963.